The van der Waals surface area contributed by atoms with Gasteiger partial charge in [0.05, 0.1) is 18.1 Å². The van der Waals surface area contributed by atoms with Gasteiger partial charge in [-0.1, -0.05) is 34.6 Å². The molecule has 0 unspecified atom stereocenters. The number of aromatic nitrogens is 2. The summed E-state index contributed by atoms with van der Waals surface area (Å²) in [5, 5.41) is 5.76. The topological polar surface area (TPSA) is 96.1 Å². The van der Waals surface area contributed by atoms with Gasteiger partial charge in [0.2, 0.25) is 5.91 Å². The van der Waals surface area contributed by atoms with Gasteiger partial charge in [0, 0.05) is 16.7 Å². The number of methoxy groups -OCH3 is 1. The first-order valence-electron chi connectivity index (χ1n) is 10.3. The van der Waals surface area contributed by atoms with Crippen molar-refractivity contribution in [3.05, 3.63) is 53.9 Å². The first-order valence-corrected chi connectivity index (χ1v) is 10.3. The minimum atomic E-state index is -0.683. The molecule has 2 aromatic carbocycles. The maximum Gasteiger partial charge on any atom is 0.251 e. The predicted octanol–water partition coefficient (Wildman–Crippen LogP) is 4.26. The molecule has 3 aromatic rings. The molecule has 3 N–H and O–H groups in total. The van der Waals surface area contributed by atoms with E-state index in [1.807, 2.05) is 32.0 Å². The molecule has 0 spiro atoms. The summed E-state index contributed by atoms with van der Waals surface area (Å²) in [7, 11) is 1.57. The average Bonchev–Trinajstić information content (AvgIpc) is 3.15. The van der Waals surface area contributed by atoms with E-state index in [2.05, 4.69) is 41.4 Å². The Hall–Kier alpha value is -3.35. The molecule has 1 atom stereocenters. The van der Waals surface area contributed by atoms with Crippen LogP contribution in [0.15, 0.2) is 42.5 Å². The lowest BCUT2D eigenvalue weighted by Crippen LogP contribution is -2.47. The molecule has 0 aliphatic heterocycles. The van der Waals surface area contributed by atoms with Crippen molar-refractivity contribution in [1.82, 2.24) is 15.3 Å². The summed E-state index contributed by atoms with van der Waals surface area (Å²) in [4.78, 5) is 33.5. The number of fused-ring (bicyclic) bond motifs is 1. The van der Waals surface area contributed by atoms with Gasteiger partial charge in [-0.15, -0.1) is 0 Å². The number of aromatic amines is 1. The van der Waals surface area contributed by atoms with Crippen LogP contribution in [0.4, 0.5) is 5.69 Å². The zero-order valence-corrected chi connectivity index (χ0v) is 18.9. The molecule has 0 aliphatic rings. The molecule has 0 fully saturated rings. The zero-order valence-electron chi connectivity index (χ0n) is 18.9. The number of carbonyl (C=O) groups excluding carboxylic acids is 2. The number of imidazole rings is 1. The van der Waals surface area contributed by atoms with Crippen LogP contribution in [0.1, 0.15) is 50.8 Å². The van der Waals surface area contributed by atoms with Crippen LogP contribution < -0.4 is 15.4 Å². The molecule has 7 nitrogen and oxygen atoms in total. The summed E-state index contributed by atoms with van der Waals surface area (Å²) < 4.78 is 5.12. The van der Waals surface area contributed by atoms with Crippen molar-refractivity contribution >= 4 is 28.5 Å². The summed E-state index contributed by atoms with van der Waals surface area (Å²) in [6, 6.07) is 11.6. The van der Waals surface area contributed by atoms with E-state index >= 15 is 0 Å². The molecule has 3 rings (SSSR count). The lowest BCUT2D eigenvalue weighted by atomic mass is 9.96. The number of ether oxygens (including phenoxy) is 1. The van der Waals surface area contributed by atoms with E-state index in [0.29, 0.717) is 17.0 Å². The number of nitrogens with one attached hydrogen (secondary N) is 3. The Balaban J connectivity index is 1.74. The molecule has 1 aromatic heterocycles. The third-order valence-corrected chi connectivity index (χ3v) is 5.05. The standard InChI is InChI=1S/C24H30N4O3/c1-14(2)20(28-21(29)15-7-10-17(31-6)11-8-15)22(30)25-16-9-12-18-19(13-16)27-23(26-18)24(3,4)5/h7-14,20H,1-6H3,(H,25,30)(H,26,27)(H,28,29)/t20-/m1/s1. The number of rotatable bonds is 6. The maximum atomic E-state index is 13.0. The Morgan fingerprint density at radius 3 is 2.32 bits per heavy atom. The molecular formula is C24H30N4O3. The second-order valence-corrected chi connectivity index (χ2v) is 8.98. The van der Waals surface area contributed by atoms with Crippen molar-refractivity contribution in [2.75, 3.05) is 12.4 Å². The van der Waals surface area contributed by atoms with Gasteiger partial charge < -0.3 is 20.4 Å². The quantitative estimate of drug-likeness (QED) is 0.553. The number of H-pyrrole nitrogens is 1. The number of hydrogen-bond acceptors (Lipinski definition) is 4. The van der Waals surface area contributed by atoms with E-state index in [1.165, 1.54) is 0 Å². The van der Waals surface area contributed by atoms with E-state index < -0.39 is 6.04 Å². The van der Waals surface area contributed by atoms with E-state index in [1.54, 1.807) is 31.4 Å². The van der Waals surface area contributed by atoms with Crippen molar-refractivity contribution in [2.45, 2.75) is 46.1 Å². The highest BCUT2D eigenvalue weighted by molar-refractivity contribution is 6.02. The van der Waals surface area contributed by atoms with Gasteiger partial charge in [-0.3, -0.25) is 9.59 Å². The van der Waals surface area contributed by atoms with Crippen molar-refractivity contribution in [3.63, 3.8) is 0 Å². The molecule has 0 radical (unpaired) electrons. The van der Waals surface area contributed by atoms with Crippen LogP contribution in [0.3, 0.4) is 0 Å². The molecular weight excluding hydrogens is 392 g/mol. The fourth-order valence-corrected chi connectivity index (χ4v) is 3.16. The molecule has 164 valence electrons. The van der Waals surface area contributed by atoms with Crippen LogP contribution in [0, 0.1) is 5.92 Å². The van der Waals surface area contributed by atoms with Crippen molar-refractivity contribution in [3.8, 4) is 5.75 Å². The Bertz CT molecular complexity index is 1080. The molecule has 2 amide bonds. The van der Waals surface area contributed by atoms with Gasteiger partial charge >= 0.3 is 0 Å². The molecule has 0 saturated carbocycles. The van der Waals surface area contributed by atoms with Crippen molar-refractivity contribution in [1.29, 1.82) is 0 Å². The number of amides is 2. The molecule has 7 heteroatoms. The monoisotopic (exact) mass is 422 g/mol. The summed E-state index contributed by atoms with van der Waals surface area (Å²) in [6.45, 7) is 10.1. The van der Waals surface area contributed by atoms with Gasteiger partial charge in [0.15, 0.2) is 0 Å². The number of benzene rings is 2. The van der Waals surface area contributed by atoms with Gasteiger partial charge in [-0.2, -0.15) is 0 Å². The van der Waals surface area contributed by atoms with Crippen LogP contribution in [0.2, 0.25) is 0 Å². The fraction of sp³-hybridized carbons (Fsp3) is 0.375. The Morgan fingerprint density at radius 1 is 1.06 bits per heavy atom. The number of anilines is 1. The molecule has 0 aliphatic carbocycles. The van der Waals surface area contributed by atoms with Crippen LogP contribution in [0.5, 0.6) is 5.75 Å². The predicted molar refractivity (Wildman–Crippen MR) is 123 cm³/mol. The summed E-state index contributed by atoms with van der Waals surface area (Å²) in [5.41, 5.74) is 2.71. The highest BCUT2D eigenvalue weighted by Crippen LogP contribution is 2.24. The van der Waals surface area contributed by atoms with E-state index in [4.69, 9.17) is 4.74 Å². The summed E-state index contributed by atoms with van der Waals surface area (Å²) >= 11 is 0. The Kier molecular flexibility index (Phi) is 6.34. The van der Waals surface area contributed by atoms with Crippen molar-refractivity contribution < 1.29 is 14.3 Å². The highest BCUT2D eigenvalue weighted by Gasteiger charge is 2.25. The fourth-order valence-electron chi connectivity index (χ4n) is 3.16. The Labute approximate surface area is 182 Å². The molecule has 1 heterocycles. The summed E-state index contributed by atoms with van der Waals surface area (Å²) in [6.07, 6.45) is 0. The van der Waals surface area contributed by atoms with Crippen LogP contribution in [-0.4, -0.2) is 34.9 Å². The largest absolute Gasteiger partial charge is 0.497 e. The second kappa shape index (κ2) is 8.79. The van der Waals surface area contributed by atoms with Crippen LogP contribution >= 0.6 is 0 Å². The molecule has 0 bridgehead atoms. The van der Waals surface area contributed by atoms with E-state index in [9.17, 15) is 9.59 Å². The molecule has 31 heavy (non-hydrogen) atoms. The third-order valence-electron chi connectivity index (χ3n) is 5.05. The first kappa shape index (κ1) is 22.3. The van der Waals surface area contributed by atoms with Crippen LogP contribution in [0.25, 0.3) is 11.0 Å². The smallest absolute Gasteiger partial charge is 0.251 e. The minimum absolute atomic E-state index is 0.0921. The molecule has 0 saturated heterocycles. The van der Waals surface area contributed by atoms with Gasteiger partial charge in [-0.25, -0.2) is 4.98 Å². The van der Waals surface area contributed by atoms with Crippen molar-refractivity contribution in [2.24, 2.45) is 5.92 Å². The first-order chi connectivity index (χ1) is 14.6. The van der Waals surface area contributed by atoms with Crippen LogP contribution in [-0.2, 0) is 10.2 Å². The summed E-state index contributed by atoms with van der Waals surface area (Å²) in [5.74, 6) is 0.879. The highest BCUT2D eigenvalue weighted by atomic mass is 16.5. The lowest BCUT2D eigenvalue weighted by molar-refractivity contribution is -0.118. The number of nitrogens with zero attached hydrogens (tertiary/aromatic N) is 1. The normalized spacial score (nSPS) is 12.6. The van der Waals surface area contributed by atoms with Gasteiger partial charge in [0.25, 0.3) is 5.91 Å². The SMILES string of the molecule is COc1ccc(C(=O)N[C@@H](C(=O)Nc2ccc3nc(C(C)(C)C)[nH]c3c2)C(C)C)cc1. The van der Waals surface area contributed by atoms with E-state index in [-0.39, 0.29) is 23.1 Å². The van der Waals surface area contributed by atoms with Gasteiger partial charge in [-0.05, 0) is 48.4 Å². The van der Waals surface area contributed by atoms with Gasteiger partial charge in [0.1, 0.15) is 17.6 Å². The second-order valence-electron chi connectivity index (χ2n) is 8.98. The third kappa shape index (κ3) is 5.23. The number of carbonyl (C=O) groups is 2. The maximum absolute atomic E-state index is 13.0. The lowest BCUT2D eigenvalue weighted by Gasteiger charge is -2.22. The Morgan fingerprint density at radius 2 is 1.74 bits per heavy atom. The zero-order chi connectivity index (χ0) is 22.8. The van der Waals surface area contributed by atoms with E-state index in [0.717, 1.165) is 16.9 Å². The minimum Gasteiger partial charge on any atom is -0.497 e. The average molecular weight is 423 g/mol. The number of hydrogen-bond donors (Lipinski definition) is 3.